The van der Waals surface area contributed by atoms with Crippen LogP contribution in [0.15, 0.2) is 22.0 Å². The highest BCUT2D eigenvalue weighted by atomic mass is 79.9. The van der Waals surface area contributed by atoms with Crippen molar-refractivity contribution in [3.05, 3.63) is 42.2 Å². The van der Waals surface area contributed by atoms with E-state index in [1.165, 1.54) is 33.5 Å². The largest absolute Gasteiger partial charge is 0.307 e. The first kappa shape index (κ1) is 11.9. The van der Waals surface area contributed by atoms with Crippen LogP contribution >= 0.6 is 38.6 Å². The molecule has 1 nitrogen and oxygen atoms in total. The number of aryl methyl sites for hydroxylation is 2. The molecule has 0 atom stereocenters. The van der Waals surface area contributed by atoms with Crippen LogP contribution in [0.25, 0.3) is 0 Å². The number of hydrogen-bond acceptors (Lipinski definition) is 3. The Bertz CT molecular complexity index is 494. The van der Waals surface area contributed by atoms with E-state index in [0.29, 0.717) is 0 Å². The Hall–Kier alpha value is -0.160. The molecule has 3 rings (SSSR count). The van der Waals surface area contributed by atoms with Gasteiger partial charge in [-0.05, 0) is 52.9 Å². The molecule has 0 fully saturated rings. The first-order valence-corrected chi connectivity index (χ1v) is 8.34. The van der Waals surface area contributed by atoms with Crippen LogP contribution in [0, 0.1) is 0 Å². The van der Waals surface area contributed by atoms with Gasteiger partial charge in [-0.15, -0.1) is 22.7 Å². The van der Waals surface area contributed by atoms with Gasteiger partial charge in [0.05, 0.1) is 0 Å². The monoisotopic (exact) mass is 327 g/mol. The predicted octanol–water partition coefficient (Wildman–Crippen LogP) is 4.35. The zero-order valence-corrected chi connectivity index (χ0v) is 12.7. The molecule has 0 saturated carbocycles. The third kappa shape index (κ3) is 2.81. The Balaban J connectivity index is 1.54. The predicted molar refractivity (Wildman–Crippen MR) is 78.9 cm³/mol. The maximum Gasteiger partial charge on any atom is 0.0303 e. The lowest BCUT2D eigenvalue weighted by atomic mass is 10.2. The second kappa shape index (κ2) is 5.22. The molecule has 0 aromatic carbocycles. The summed E-state index contributed by atoms with van der Waals surface area (Å²) in [7, 11) is 0. The van der Waals surface area contributed by atoms with E-state index in [9.17, 15) is 0 Å². The normalized spacial score (nSPS) is 14.2. The van der Waals surface area contributed by atoms with Crippen LogP contribution in [0.4, 0.5) is 0 Å². The average Bonchev–Trinajstić information content (AvgIpc) is 2.94. The van der Waals surface area contributed by atoms with E-state index in [1.807, 2.05) is 11.3 Å². The van der Waals surface area contributed by atoms with E-state index in [2.05, 4.69) is 38.8 Å². The number of halogens is 1. The Morgan fingerprint density at radius 3 is 2.82 bits per heavy atom. The van der Waals surface area contributed by atoms with Crippen molar-refractivity contribution >= 4 is 38.6 Å². The van der Waals surface area contributed by atoms with Gasteiger partial charge in [0.1, 0.15) is 0 Å². The molecule has 0 amide bonds. The SMILES string of the molecule is Brc1csc(CNCc2cc3c(s2)CCC3)c1. The molecular formula is C13H14BrNS2. The summed E-state index contributed by atoms with van der Waals surface area (Å²) < 4.78 is 1.19. The molecule has 90 valence electrons. The summed E-state index contributed by atoms with van der Waals surface area (Å²) in [5, 5.41) is 5.66. The lowest BCUT2D eigenvalue weighted by molar-refractivity contribution is 0.708. The maximum atomic E-state index is 3.52. The molecule has 0 bridgehead atoms. The number of hydrogen-bond donors (Lipinski definition) is 1. The van der Waals surface area contributed by atoms with E-state index in [4.69, 9.17) is 0 Å². The van der Waals surface area contributed by atoms with Gasteiger partial charge in [-0.3, -0.25) is 0 Å². The minimum absolute atomic E-state index is 0.971. The van der Waals surface area contributed by atoms with Crippen molar-refractivity contribution in [2.75, 3.05) is 0 Å². The van der Waals surface area contributed by atoms with Gasteiger partial charge in [0.15, 0.2) is 0 Å². The Labute approximate surface area is 118 Å². The topological polar surface area (TPSA) is 12.0 Å². The van der Waals surface area contributed by atoms with E-state index in [-0.39, 0.29) is 0 Å². The summed E-state index contributed by atoms with van der Waals surface area (Å²) in [4.78, 5) is 4.51. The fraction of sp³-hybridized carbons (Fsp3) is 0.385. The number of nitrogens with one attached hydrogen (secondary N) is 1. The van der Waals surface area contributed by atoms with E-state index < -0.39 is 0 Å². The lowest BCUT2D eigenvalue weighted by Crippen LogP contribution is -2.10. The molecule has 2 aromatic heterocycles. The van der Waals surface area contributed by atoms with Crippen molar-refractivity contribution < 1.29 is 0 Å². The standard InChI is InChI=1S/C13H14BrNS2/c14-10-5-11(16-8-10)6-15-7-12-4-9-2-1-3-13(9)17-12/h4-5,8,15H,1-3,6-7H2. The molecule has 1 aliphatic carbocycles. The summed E-state index contributed by atoms with van der Waals surface area (Å²) in [6.07, 6.45) is 3.96. The van der Waals surface area contributed by atoms with Crippen LogP contribution in [0.2, 0.25) is 0 Å². The molecule has 0 radical (unpaired) electrons. The van der Waals surface area contributed by atoms with Gasteiger partial charge in [-0.1, -0.05) is 0 Å². The Morgan fingerprint density at radius 2 is 2.06 bits per heavy atom. The molecule has 0 spiro atoms. The highest BCUT2D eigenvalue weighted by molar-refractivity contribution is 9.10. The average molecular weight is 328 g/mol. The Kier molecular flexibility index (Phi) is 3.66. The van der Waals surface area contributed by atoms with Crippen LogP contribution in [-0.4, -0.2) is 0 Å². The van der Waals surface area contributed by atoms with Crippen molar-refractivity contribution in [1.29, 1.82) is 0 Å². The smallest absolute Gasteiger partial charge is 0.0303 e. The highest BCUT2D eigenvalue weighted by Crippen LogP contribution is 2.30. The first-order valence-electron chi connectivity index (χ1n) is 5.85. The molecule has 0 aliphatic heterocycles. The molecule has 1 aliphatic rings. The second-order valence-electron chi connectivity index (χ2n) is 4.35. The van der Waals surface area contributed by atoms with Gasteiger partial charge in [-0.25, -0.2) is 0 Å². The minimum Gasteiger partial charge on any atom is -0.307 e. The number of rotatable bonds is 4. The number of fused-ring (bicyclic) bond motifs is 1. The van der Waals surface area contributed by atoms with E-state index >= 15 is 0 Å². The molecular weight excluding hydrogens is 314 g/mol. The van der Waals surface area contributed by atoms with Crippen LogP contribution in [0.3, 0.4) is 0 Å². The Morgan fingerprint density at radius 1 is 1.18 bits per heavy atom. The van der Waals surface area contributed by atoms with Crippen LogP contribution in [0.5, 0.6) is 0 Å². The molecule has 0 unspecified atom stereocenters. The van der Waals surface area contributed by atoms with E-state index in [0.717, 1.165) is 13.1 Å². The summed E-state index contributed by atoms with van der Waals surface area (Å²) in [5.74, 6) is 0. The van der Waals surface area contributed by atoms with Crippen molar-refractivity contribution in [3.63, 3.8) is 0 Å². The zero-order chi connectivity index (χ0) is 11.7. The van der Waals surface area contributed by atoms with Crippen LogP contribution < -0.4 is 5.32 Å². The van der Waals surface area contributed by atoms with Crippen molar-refractivity contribution in [2.24, 2.45) is 0 Å². The quantitative estimate of drug-likeness (QED) is 0.880. The summed E-state index contributed by atoms with van der Waals surface area (Å²) in [5.41, 5.74) is 1.60. The molecule has 2 aromatic rings. The van der Waals surface area contributed by atoms with Gasteiger partial charge < -0.3 is 5.32 Å². The van der Waals surface area contributed by atoms with Crippen LogP contribution in [0.1, 0.15) is 26.6 Å². The highest BCUT2D eigenvalue weighted by Gasteiger charge is 2.14. The van der Waals surface area contributed by atoms with Gasteiger partial charge in [0.2, 0.25) is 0 Å². The molecule has 17 heavy (non-hydrogen) atoms. The third-order valence-electron chi connectivity index (χ3n) is 3.02. The summed E-state index contributed by atoms with van der Waals surface area (Å²) in [6, 6.07) is 4.58. The number of thiophene rings is 2. The first-order chi connectivity index (χ1) is 8.31. The second-order valence-corrected chi connectivity index (χ2v) is 7.48. The fourth-order valence-corrected chi connectivity index (χ4v) is 4.88. The van der Waals surface area contributed by atoms with Gasteiger partial charge in [0, 0.05) is 37.6 Å². The van der Waals surface area contributed by atoms with Crippen LogP contribution in [-0.2, 0) is 25.9 Å². The minimum atomic E-state index is 0.971. The summed E-state index contributed by atoms with van der Waals surface area (Å²) in [6.45, 7) is 1.98. The van der Waals surface area contributed by atoms with E-state index in [1.54, 1.807) is 21.8 Å². The third-order valence-corrected chi connectivity index (χ3v) is 5.95. The molecule has 2 heterocycles. The van der Waals surface area contributed by atoms with Gasteiger partial charge >= 0.3 is 0 Å². The molecule has 1 N–H and O–H groups in total. The molecule has 4 heteroatoms. The lowest BCUT2D eigenvalue weighted by Gasteiger charge is -2.00. The van der Waals surface area contributed by atoms with Crippen molar-refractivity contribution in [2.45, 2.75) is 32.4 Å². The van der Waals surface area contributed by atoms with Crippen molar-refractivity contribution in [3.8, 4) is 0 Å². The van der Waals surface area contributed by atoms with Gasteiger partial charge in [0.25, 0.3) is 0 Å². The fourth-order valence-electron chi connectivity index (χ4n) is 2.23. The van der Waals surface area contributed by atoms with Gasteiger partial charge in [-0.2, -0.15) is 0 Å². The summed E-state index contributed by atoms with van der Waals surface area (Å²) >= 11 is 7.28. The zero-order valence-electron chi connectivity index (χ0n) is 9.46. The molecule has 0 saturated heterocycles. The maximum absolute atomic E-state index is 3.52. The van der Waals surface area contributed by atoms with Crippen molar-refractivity contribution in [1.82, 2.24) is 5.32 Å².